The van der Waals surface area contributed by atoms with Gasteiger partial charge in [-0.3, -0.25) is 0 Å². The van der Waals surface area contributed by atoms with Crippen LogP contribution >= 0.6 is 11.8 Å². The molecule has 1 saturated heterocycles. The predicted octanol–water partition coefficient (Wildman–Crippen LogP) is 3.51. The van der Waals surface area contributed by atoms with Crippen molar-refractivity contribution < 1.29 is 18.6 Å². The lowest BCUT2D eigenvalue weighted by Gasteiger charge is -2.33. The molecular weight excluding hydrogens is 308 g/mol. The second kappa shape index (κ2) is 7.62. The minimum atomic E-state index is -2.84. The van der Waals surface area contributed by atoms with E-state index >= 15 is 0 Å². The first-order chi connectivity index (χ1) is 10.4. The van der Waals surface area contributed by atoms with Gasteiger partial charge < -0.3 is 15.2 Å². The first-order valence-electron chi connectivity index (χ1n) is 7.48. The van der Waals surface area contributed by atoms with Crippen LogP contribution in [0.5, 0.6) is 5.75 Å². The number of thioether (sulfide) groups is 1. The van der Waals surface area contributed by atoms with Crippen molar-refractivity contribution >= 4 is 11.8 Å². The topological polar surface area (TPSA) is 41.5 Å². The van der Waals surface area contributed by atoms with Crippen molar-refractivity contribution in [1.82, 2.24) is 5.32 Å². The van der Waals surface area contributed by atoms with Crippen LogP contribution in [0.15, 0.2) is 18.2 Å². The molecule has 2 rings (SSSR count). The Morgan fingerprint density at radius 1 is 1.36 bits per heavy atom. The van der Waals surface area contributed by atoms with Gasteiger partial charge in [-0.15, -0.1) is 0 Å². The summed E-state index contributed by atoms with van der Waals surface area (Å²) in [5.74, 6) is 2.10. The molecule has 1 aromatic carbocycles. The number of hydrogen-bond acceptors (Lipinski definition) is 4. The first kappa shape index (κ1) is 17.5. The monoisotopic (exact) mass is 331 g/mol. The molecule has 3 nitrogen and oxygen atoms in total. The Balaban J connectivity index is 2.04. The van der Waals surface area contributed by atoms with Crippen LogP contribution in [0.2, 0.25) is 0 Å². The number of hydrogen-bond donors (Lipinski definition) is 2. The summed E-state index contributed by atoms with van der Waals surface area (Å²) in [5.41, 5.74) is 0.972. The Morgan fingerprint density at radius 2 is 2.05 bits per heavy atom. The highest BCUT2D eigenvalue weighted by molar-refractivity contribution is 7.99. The molecule has 6 heteroatoms. The molecule has 0 aromatic heterocycles. The fraction of sp³-hybridized carbons (Fsp3) is 0.625. The van der Waals surface area contributed by atoms with Gasteiger partial charge in [0.2, 0.25) is 0 Å². The average Bonchev–Trinajstić information content (AvgIpc) is 2.47. The number of halogens is 2. The van der Waals surface area contributed by atoms with Gasteiger partial charge in [-0.1, -0.05) is 17.7 Å². The normalized spacial score (nSPS) is 19.2. The average molecular weight is 331 g/mol. The third kappa shape index (κ3) is 4.83. The van der Waals surface area contributed by atoms with Gasteiger partial charge in [0.05, 0.1) is 5.60 Å². The SMILES string of the molecule is Cc1ccc(OC(F)F)c(C(C)NCC2(O)CCSCC2)c1. The molecule has 1 atom stereocenters. The molecule has 0 spiro atoms. The van der Waals surface area contributed by atoms with Gasteiger partial charge in [0.25, 0.3) is 0 Å². The molecule has 1 heterocycles. The summed E-state index contributed by atoms with van der Waals surface area (Å²) >= 11 is 1.85. The zero-order chi connectivity index (χ0) is 16.2. The number of ether oxygens (including phenoxy) is 1. The predicted molar refractivity (Wildman–Crippen MR) is 85.7 cm³/mol. The van der Waals surface area contributed by atoms with Crippen molar-refractivity contribution in [3.05, 3.63) is 29.3 Å². The zero-order valence-corrected chi connectivity index (χ0v) is 13.8. The summed E-state index contributed by atoms with van der Waals surface area (Å²) in [6, 6.07) is 4.99. The number of alkyl halides is 2. The van der Waals surface area contributed by atoms with Gasteiger partial charge in [-0.2, -0.15) is 20.5 Å². The summed E-state index contributed by atoms with van der Waals surface area (Å²) in [6.45, 7) is 1.42. The van der Waals surface area contributed by atoms with Crippen LogP contribution in [0.1, 0.15) is 36.9 Å². The van der Waals surface area contributed by atoms with Crippen LogP contribution < -0.4 is 10.1 Å². The van der Waals surface area contributed by atoms with E-state index in [1.165, 1.54) is 0 Å². The van der Waals surface area contributed by atoms with Gasteiger partial charge in [-0.25, -0.2) is 0 Å². The molecule has 0 bridgehead atoms. The smallest absolute Gasteiger partial charge is 0.387 e. The molecule has 0 saturated carbocycles. The molecular formula is C16H23F2NO2S. The molecule has 0 aliphatic carbocycles. The van der Waals surface area contributed by atoms with E-state index in [0.29, 0.717) is 12.1 Å². The minimum absolute atomic E-state index is 0.174. The fourth-order valence-electron chi connectivity index (χ4n) is 2.59. The van der Waals surface area contributed by atoms with Crippen LogP contribution in [-0.4, -0.2) is 35.4 Å². The van der Waals surface area contributed by atoms with Crippen LogP contribution in [0.4, 0.5) is 8.78 Å². The van der Waals surface area contributed by atoms with Crippen molar-refractivity contribution in [2.45, 2.75) is 44.9 Å². The van der Waals surface area contributed by atoms with Crippen LogP contribution in [0.3, 0.4) is 0 Å². The maximum absolute atomic E-state index is 12.5. The minimum Gasteiger partial charge on any atom is -0.434 e. The Bertz CT molecular complexity index is 493. The Hall–Kier alpha value is -0.850. The van der Waals surface area contributed by atoms with E-state index in [2.05, 4.69) is 10.1 Å². The number of benzene rings is 1. The van der Waals surface area contributed by atoms with E-state index in [9.17, 15) is 13.9 Å². The summed E-state index contributed by atoms with van der Waals surface area (Å²) < 4.78 is 29.6. The Labute approximate surface area is 134 Å². The van der Waals surface area contributed by atoms with Gasteiger partial charge in [-0.05, 0) is 44.3 Å². The largest absolute Gasteiger partial charge is 0.434 e. The number of aryl methyl sites for hydroxylation is 1. The van der Waals surface area contributed by atoms with Gasteiger partial charge in [0.1, 0.15) is 5.75 Å². The lowest BCUT2D eigenvalue weighted by molar-refractivity contribution is -0.0508. The lowest BCUT2D eigenvalue weighted by atomic mass is 9.95. The summed E-state index contributed by atoms with van der Waals surface area (Å²) in [5, 5.41) is 13.8. The summed E-state index contributed by atoms with van der Waals surface area (Å²) in [4.78, 5) is 0. The molecule has 0 amide bonds. The summed E-state index contributed by atoms with van der Waals surface area (Å²) in [6.07, 6.45) is 1.51. The van der Waals surface area contributed by atoms with Gasteiger partial charge in [0, 0.05) is 18.2 Å². The molecule has 22 heavy (non-hydrogen) atoms. The van der Waals surface area contributed by atoms with E-state index in [1.807, 2.05) is 31.7 Å². The van der Waals surface area contributed by atoms with Gasteiger partial charge in [0.15, 0.2) is 0 Å². The number of rotatable bonds is 6. The molecule has 0 radical (unpaired) electrons. The van der Waals surface area contributed by atoms with Crippen molar-refractivity contribution in [1.29, 1.82) is 0 Å². The molecule has 1 aliphatic rings. The van der Waals surface area contributed by atoms with Crippen molar-refractivity contribution in [3.63, 3.8) is 0 Å². The number of nitrogens with one attached hydrogen (secondary N) is 1. The van der Waals surface area contributed by atoms with Crippen molar-refractivity contribution in [2.24, 2.45) is 0 Å². The fourth-order valence-corrected chi connectivity index (χ4v) is 3.84. The van der Waals surface area contributed by atoms with E-state index in [0.717, 1.165) is 29.9 Å². The van der Waals surface area contributed by atoms with Crippen LogP contribution in [-0.2, 0) is 0 Å². The highest BCUT2D eigenvalue weighted by Crippen LogP contribution is 2.30. The molecule has 2 N–H and O–H groups in total. The van der Waals surface area contributed by atoms with E-state index in [-0.39, 0.29) is 11.8 Å². The van der Waals surface area contributed by atoms with E-state index in [1.54, 1.807) is 12.1 Å². The maximum atomic E-state index is 12.5. The van der Waals surface area contributed by atoms with E-state index < -0.39 is 12.2 Å². The number of aliphatic hydroxyl groups is 1. The quantitative estimate of drug-likeness (QED) is 0.837. The maximum Gasteiger partial charge on any atom is 0.387 e. The second-order valence-corrected chi connectivity index (χ2v) is 7.08. The van der Waals surface area contributed by atoms with Crippen LogP contribution in [0.25, 0.3) is 0 Å². The second-order valence-electron chi connectivity index (χ2n) is 5.86. The molecule has 124 valence electrons. The summed E-state index contributed by atoms with van der Waals surface area (Å²) in [7, 11) is 0. The highest BCUT2D eigenvalue weighted by atomic mass is 32.2. The van der Waals surface area contributed by atoms with Crippen molar-refractivity contribution in [2.75, 3.05) is 18.1 Å². The lowest BCUT2D eigenvalue weighted by Crippen LogP contribution is -2.44. The molecule has 1 fully saturated rings. The Kier molecular flexibility index (Phi) is 6.06. The van der Waals surface area contributed by atoms with Crippen LogP contribution in [0, 0.1) is 6.92 Å². The standard InChI is InChI=1S/C16H23F2NO2S/c1-11-3-4-14(21-15(17)18)13(9-11)12(2)19-10-16(20)5-7-22-8-6-16/h3-4,9,12,15,19-20H,5-8,10H2,1-2H3. The van der Waals surface area contributed by atoms with Gasteiger partial charge >= 0.3 is 6.61 Å². The zero-order valence-electron chi connectivity index (χ0n) is 12.9. The third-order valence-electron chi connectivity index (χ3n) is 4.01. The molecule has 1 unspecified atom stereocenters. The van der Waals surface area contributed by atoms with Crippen molar-refractivity contribution in [3.8, 4) is 5.75 Å². The third-order valence-corrected chi connectivity index (χ3v) is 4.99. The van der Waals surface area contributed by atoms with E-state index in [4.69, 9.17) is 0 Å². The molecule has 1 aliphatic heterocycles. The Morgan fingerprint density at radius 3 is 2.68 bits per heavy atom. The highest BCUT2D eigenvalue weighted by Gasteiger charge is 2.30. The first-order valence-corrected chi connectivity index (χ1v) is 8.64. The molecule has 1 aromatic rings.